The molecule has 18 heavy (non-hydrogen) atoms. The van der Waals surface area contributed by atoms with Gasteiger partial charge < -0.3 is 20.1 Å². The van der Waals surface area contributed by atoms with Gasteiger partial charge in [-0.3, -0.25) is 0 Å². The van der Waals surface area contributed by atoms with Gasteiger partial charge in [0.1, 0.15) is 5.75 Å². The molecule has 0 radical (unpaired) electrons. The number of anilines is 1. The number of hydrogen-bond acceptors (Lipinski definition) is 4. The number of aliphatic hydroxyl groups excluding tert-OH is 1. The molecule has 1 aliphatic rings. The number of rotatable bonds is 3. The maximum absolute atomic E-state index is 9.58. The average molecular weight is 250 g/mol. The monoisotopic (exact) mass is 250 g/mol. The largest absolute Gasteiger partial charge is 0.497 e. The molecule has 1 aliphatic heterocycles. The van der Waals surface area contributed by atoms with Gasteiger partial charge in [-0.1, -0.05) is 6.07 Å². The zero-order valence-electron chi connectivity index (χ0n) is 11.1. The molecule has 1 saturated heterocycles. The molecule has 2 rings (SSSR count). The van der Waals surface area contributed by atoms with Gasteiger partial charge in [0, 0.05) is 24.3 Å². The first kappa shape index (κ1) is 13.2. The lowest BCUT2D eigenvalue weighted by Crippen LogP contribution is -2.46. The summed E-state index contributed by atoms with van der Waals surface area (Å²) < 4.78 is 5.28. The highest BCUT2D eigenvalue weighted by Gasteiger charge is 2.25. The van der Waals surface area contributed by atoms with Crippen molar-refractivity contribution >= 4 is 5.69 Å². The normalized spacial score (nSPS) is 24.7. The van der Waals surface area contributed by atoms with Crippen LogP contribution in [0.2, 0.25) is 0 Å². The summed E-state index contributed by atoms with van der Waals surface area (Å²) in [7, 11) is 1.68. The van der Waals surface area contributed by atoms with Gasteiger partial charge in [-0.2, -0.15) is 0 Å². The Morgan fingerprint density at radius 2 is 2.33 bits per heavy atom. The summed E-state index contributed by atoms with van der Waals surface area (Å²) in [6.07, 6.45) is 1.08. The van der Waals surface area contributed by atoms with Gasteiger partial charge in [-0.15, -0.1) is 0 Å². The highest BCUT2D eigenvalue weighted by atomic mass is 16.5. The van der Waals surface area contributed by atoms with Gasteiger partial charge in [-0.05, 0) is 32.0 Å². The highest BCUT2D eigenvalue weighted by Crippen LogP contribution is 2.26. The van der Waals surface area contributed by atoms with Gasteiger partial charge in [0.2, 0.25) is 0 Å². The molecule has 4 heteroatoms. The van der Waals surface area contributed by atoms with Crippen LogP contribution < -0.4 is 15.0 Å². The van der Waals surface area contributed by atoms with Crippen LogP contribution in [0.25, 0.3) is 0 Å². The minimum absolute atomic E-state index is 0.120. The van der Waals surface area contributed by atoms with Crippen molar-refractivity contribution in [1.29, 1.82) is 0 Å². The molecule has 1 heterocycles. The first-order valence-electron chi connectivity index (χ1n) is 6.50. The number of methoxy groups -OCH3 is 1. The molecule has 0 bridgehead atoms. The second-order valence-corrected chi connectivity index (χ2v) is 4.79. The second kappa shape index (κ2) is 6.07. The van der Waals surface area contributed by atoms with Crippen LogP contribution in [0.1, 0.15) is 13.3 Å². The Kier molecular flexibility index (Phi) is 4.44. The third-order valence-electron chi connectivity index (χ3n) is 3.55. The molecule has 2 atom stereocenters. The number of nitrogens with zero attached hydrogens (tertiary/aromatic N) is 1. The third-order valence-corrected chi connectivity index (χ3v) is 3.55. The summed E-state index contributed by atoms with van der Waals surface area (Å²) in [4.78, 5) is 2.29. The Morgan fingerprint density at radius 1 is 1.50 bits per heavy atom. The standard InChI is InChI=1S/C14H22N2O2/c1-11-6-7-15-9-13(10-17)16(11)12-4-3-5-14(8-12)18-2/h3-5,8,11,13,15,17H,6-7,9-10H2,1-2H3. The van der Waals surface area contributed by atoms with Crippen molar-refractivity contribution in [3.8, 4) is 5.75 Å². The topological polar surface area (TPSA) is 44.7 Å². The van der Waals surface area contributed by atoms with E-state index in [1.54, 1.807) is 7.11 Å². The van der Waals surface area contributed by atoms with E-state index in [1.807, 2.05) is 18.2 Å². The summed E-state index contributed by atoms with van der Waals surface area (Å²) >= 11 is 0. The molecule has 0 spiro atoms. The summed E-state index contributed by atoms with van der Waals surface area (Å²) in [5.74, 6) is 0.855. The molecule has 1 aromatic carbocycles. The molecule has 1 aromatic rings. The maximum Gasteiger partial charge on any atom is 0.120 e. The van der Waals surface area contributed by atoms with E-state index in [2.05, 4.69) is 23.2 Å². The Bertz CT molecular complexity index is 384. The molecule has 0 aromatic heterocycles. The van der Waals surface area contributed by atoms with Crippen molar-refractivity contribution in [2.75, 3.05) is 31.7 Å². The van der Waals surface area contributed by atoms with E-state index in [4.69, 9.17) is 4.74 Å². The molecule has 0 aliphatic carbocycles. The maximum atomic E-state index is 9.58. The summed E-state index contributed by atoms with van der Waals surface area (Å²) in [5, 5.41) is 13.0. The Hall–Kier alpha value is -1.26. The highest BCUT2D eigenvalue weighted by molar-refractivity contribution is 5.52. The van der Waals surface area contributed by atoms with Crippen molar-refractivity contribution in [3.05, 3.63) is 24.3 Å². The molecular weight excluding hydrogens is 228 g/mol. The molecule has 1 fully saturated rings. The second-order valence-electron chi connectivity index (χ2n) is 4.79. The van der Waals surface area contributed by atoms with E-state index in [-0.39, 0.29) is 12.6 Å². The van der Waals surface area contributed by atoms with E-state index in [1.165, 1.54) is 0 Å². The molecule has 2 unspecified atom stereocenters. The van der Waals surface area contributed by atoms with Crippen LogP contribution in [0.3, 0.4) is 0 Å². The van der Waals surface area contributed by atoms with Crippen LogP contribution in [0.4, 0.5) is 5.69 Å². The van der Waals surface area contributed by atoms with Gasteiger partial charge in [0.15, 0.2) is 0 Å². The van der Waals surface area contributed by atoms with E-state index in [0.29, 0.717) is 6.04 Å². The molecule has 2 N–H and O–H groups in total. The van der Waals surface area contributed by atoms with Crippen LogP contribution in [0, 0.1) is 0 Å². The number of hydrogen-bond donors (Lipinski definition) is 2. The SMILES string of the molecule is COc1cccc(N2C(C)CCNCC2CO)c1. The molecule has 4 nitrogen and oxygen atoms in total. The number of ether oxygens (including phenoxy) is 1. The Morgan fingerprint density at radius 3 is 3.06 bits per heavy atom. The van der Waals surface area contributed by atoms with Gasteiger partial charge >= 0.3 is 0 Å². The average Bonchev–Trinajstić information content (AvgIpc) is 2.60. The molecule has 0 saturated carbocycles. The van der Waals surface area contributed by atoms with Crippen molar-refractivity contribution in [3.63, 3.8) is 0 Å². The van der Waals surface area contributed by atoms with E-state index in [0.717, 1.165) is 30.9 Å². The van der Waals surface area contributed by atoms with Gasteiger partial charge in [0.25, 0.3) is 0 Å². The van der Waals surface area contributed by atoms with Crippen LogP contribution in [0.15, 0.2) is 24.3 Å². The van der Waals surface area contributed by atoms with Crippen molar-refractivity contribution in [2.24, 2.45) is 0 Å². The Labute approximate surface area is 109 Å². The first-order valence-corrected chi connectivity index (χ1v) is 6.50. The third kappa shape index (κ3) is 2.76. The quantitative estimate of drug-likeness (QED) is 0.847. The Balaban J connectivity index is 2.30. The fourth-order valence-electron chi connectivity index (χ4n) is 2.57. The fraction of sp³-hybridized carbons (Fsp3) is 0.571. The van der Waals surface area contributed by atoms with Crippen LogP contribution in [0.5, 0.6) is 5.75 Å². The smallest absolute Gasteiger partial charge is 0.120 e. The summed E-state index contributed by atoms with van der Waals surface area (Å²) in [5.41, 5.74) is 1.12. The van der Waals surface area contributed by atoms with E-state index >= 15 is 0 Å². The molecular formula is C14H22N2O2. The zero-order valence-corrected chi connectivity index (χ0v) is 11.1. The minimum atomic E-state index is 0.120. The van der Waals surface area contributed by atoms with E-state index < -0.39 is 0 Å². The molecule has 100 valence electrons. The van der Waals surface area contributed by atoms with Crippen LogP contribution in [-0.4, -0.2) is 44.0 Å². The number of aliphatic hydroxyl groups is 1. The van der Waals surface area contributed by atoms with Crippen molar-refractivity contribution in [2.45, 2.75) is 25.4 Å². The van der Waals surface area contributed by atoms with Gasteiger partial charge in [0.05, 0.1) is 19.8 Å². The number of nitrogens with one attached hydrogen (secondary N) is 1. The molecule has 0 amide bonds. The van der Waals surface area contributed by atoms with Crippen molar-refractivity contribution < 1.29 is 9.84 Å². The lowest BCUT2D eigenvalue weighted by atomic mass is 10.1. The minimum Gasteiger partial charge on any atom is -0.497 e. The summed E-state index contributed by atoms with van der Waals surface area (Å²) in [6.45, 7) is 4.18. The van der Waals surface area contributed by atoms with Gasteiger partial charge in [-0.25, -0.2) is 0 Å². The van der Waals surface area contributed by atoms with Crippen molar-refractivity contribution in [1.82, 2.24) is 5.32 Å². The first-order chi connectivity index (χ1) is 8.76. The lowest BCUT2D eigenvalue weighted by molar-refractivity contribution is 0.255. The summed E-state index contributed by atoms with van der Waals surface area (Å²) in [6, 6.07) is 8.57. The van der Waals surface area contributed by atoms with E-state index in [9.17, 15) is 5.11 Å². The lowest BCUT2D eigenvalue weighted by Gasteiger charge is -2.35. The number of benzene rings is 1. The van der Waals surface area contributed by atoms with Crippen LogP contribution >= 0.6 is 0 Å². The predicted octanol–water partition coefficient (Wildman–Crippen LogP) is 1.24. The zero-order chi connectivity index (χ0) is 13.0. The fourth-order valence-corrected chi connectivity index (χ4v) is 2.57. The predicted molar refractivity (Wildman–Crippen MR) is 73.3 cm³/mol. The van der Waals surface area contributed by atoms with Crippen LogP contribution in [-0.2, 0) is 0 Å².